The second kappa shape index (κ2) is 9.37. The van der Waals surface area contributed by atoms with Crippen molar-refractivity contribution in [1.82, 2.24) is 0 Å². The van der Waals surface area contributed by atoms with Gasteiger partial charge in [-0.2, -0.15) is 0 Å². The summed E-state index contributed by atoms with van der Waals surface area (Å²) in [6.07, 6.45) is 0. The normalized spacial score (nSPS) is 11.5. The summed E-state index contributed by atoms with van der Waals surface area (Å²) in [5.74, 6) is 0. The topological polar surface area (TPSA) is 3.24 Å². The van der Waals surface area contributed by atoms with E-state index in [-0.39, 0.29) is 0 Å². The molecular formula is C38H25NS. The van der Waals surface area contributed by atoms with Gasteiger partial charge >= 0.3 is 0 Å². The van der Waals surface area contributed by atoms with Gasteiger partial charge in [0.15, 0.2) is 0 Å². The first-order valence-electron chi connectivity index (χ1n) is 13.6. The second-order valence-corrected chi connectivity index (χ2v) is 11.2. The van der Waals surface area contributed by atoms with Gasteiger partial charge < -0.3 is 4.90 Å². The molecule has 0 saturated heterocycles. The van der Waals surface area contributed by atoms with Crippen molar-refractivity contribution in [2.45, 2.75) is 0 Å². The highest BCUT2D eigenvalue weighted by Crippen LogP contribution is 2.43. The first-order valence-corrected chi connectivity index (χ1v) is 14.4. The Labute approximate surface area is 237 Å². The number of benzene rings is 7. The Morgan fingerprint density at radius 1 is 0.425 bits per heavy atom. The summed E-state index contributed by atoms with van der Waals surface area (Å²) in [7, 11) is 0. The fourth-order valence-electron chi connectivity index (χ4n) is 5.93. The van der Waals surface area contributed by atoms with Gasteiger partial charge in [0.05, 0.1) is 5.69 Å². The lowest BCUT2D eigenvalue weighted by atomic mass is 10.0. The Bertz CT molecular complexity index is 2180. The number of anilines is 3. The molecule has 8 aromatic rings. The van der Waals surface area contributed by atoms with Gasteiger partial charge in [-0.05, 0) is 63.7 Å². The molecule has 0 aliphatic rings. The molecule has 1 heterocycles. The summed E-state index contributed by atoms with van der Waals surface area (Å²) in [6.45, 7) is 0. The molecule has 0 bridgehead atoms. The molecule has 7 aromatic carbocycles. The Hall–Kier alpha value is -4.92. The van der Waals surface area contributed by atoms with Crippen LogP contribution in [0.5, 0.6) is 0 Å². The van der Waals surface area contributed by atoms with Gasteiger partial charge in [-0.15, -0.1) is 11.3 Å². The van der Waals surface area contributed by atoms with Crippen molar-refractivity contribution in [1.29, 1.82) is 0 Å². The zero-order valence-electron chi connectivity index (χ0n) is 21.8. The van der Waals surface area contributed by atoms with E-state index in [1.807, 2.05) is 11.3 Å². The van der Waals surface area contributed by atoms with Crippen LogP contribution in [0.25, 0.3) is 52.8 Å². The highest BCUT2D eigenvalue weighted by molar-refractivity contribution is 7.26. The number of fused-ring (bicyclic) bond motifs is 5. The van der Waals surface area contributed by atoms with Crippen LogP contribution in [0.15, 0.2) is 152 Å². The van der Waals surface area contributed by atoms with Crippen LogP contribution >= 0.6 is 11.3 Å². The number of thiophene rings is 1. The third-order valence-corrected chi connectivity index (χ3v) is 9.04. The van der Waals surface area contributed by atoms with E-state index in [0.717, 1.165) is 11.4 Å². The molecule has 0 radical (unpaired) electrons. The SMILES string of the molecule is c1cc(-c2cccc3c2sc2ccccc23)cc(N(c2ccc3ccccc3c2)c2cccc3ccccc23)c1. The number of hydrogen-bond donors (Lipinski definition) is 0. The lowest BCUT2D eigenvalue weighted by molar-refractivity contribution is 1.30. The van der Waals surface area contributed by atoms with Gasteiger partial charge in [0.1, 0.15) is 0 Å². The molecule has 188 valence electrons. The van der Waals surface area contributed by atoms with Crippen LogP contribution < -0.4 is 4.90 Å². The molecule has 0 N–H and O–H groups in total. The molecule has 0 fully saturated rings. The summed E-state index contributed by atoms with van der Waals surface area (Å²) < 4.78 is 2.66. The quantitative estimate of drug-likeness (QED) is 0.220. The van der Waals surface area contributed by atoms with Crippen LogP contribution in [0.1, 0.15) is 0 Å². The number of hydrogen-bond acceptors (Lipinski definition) is 2. The second-order valence-electron chi connectivity index (χ2n) is 10.2. The number of nitrogens with zero attached hydrogens (tertiary/aromatic N) is 1. The fraction of sp³-hybridized carbons (Fsp3) is 0. The van der Waals surface area contributed by atoms with Crippen LogP contribution in [0.2, 0.25) is 0 Å². The van der Waals surface area contributed by atoms with Gasteiger partial charge in [-0.25, -0.2) is 0 Å². The summed E-state index contributed by atoms with van der Waals surface area (Å²) in [5, 5.41) is 7.59. The Morgan fingerprint density at radius 2 is 1.10 bits per heavy atom. The van der Waals surface area contributed by atoms with Crippen molar-refractivity contribution in [3.63, 3.8) is 0 Å². The van der Waals surface area contributed by atoms with Gasteiger partial charge in [0.2, 0.25) is 0 Å². The van der Waals surface area contributed by atoms with Crippen LogP contribution in [-0.4, -0.2) is 0 Å². The summed E-state index contributed by atoms with van der Waals surface area (Å²) in [4.78, 5) is 2.41. The van der Waals surface area contributed by atoms with E-state index < -0.39 is 0 Å². The molecular weight excluding hydrogens is 502 g/mol. The smallest absolute Gasteiger partial charge is 0.0540 e. The highest BCUT2D eigenvalue weighted by atomic mass is 32.1. The minimum atomic E-state index is 1.14. The van der Waals surface area contributed by atoms with E-state index in [1.165, 1.54) is 58.5 Å². The fourth-order valence-corrected chi connectivity index (χ4v) is 7.17. The minimum absolute atomic E-state index is 1.14. The standard InChI is InChI=1S/C38H25NS/c1-2-12-28-24-31(23-22-26(28)10-1)39(36-20-8-13-27-11-3-4-16-32(27)36)30-15-7-14-29(25-30)33-18-9-19-35-34-17-5-6-21-37(34)40-38(33)35/h1-25H. The van der Waals surface area contributed by atoms with Crippen molar-refractivity contribution in [3.05, 3.63) is 152 Å². The molecule has 0 aliphatic carbocycles. The summed E-state index contributed by atoms with van der Waals surface area (Å²) >= 11 is 1.88. The molecule has 1 aromatic heterocycles. The van der Waals surface area contributed by atoms with Crippen molar-refractivity contribution in [2.24, 2.45) is 0 Å². The molecule has 1 nitrogen and oxygen atoms in total. The average Bonchev–Trinajstić information content (AvgIpc) is 3.40. The van der Waals surface area contributed by atoms with Crippen molar-refractivity contribution in [3.8, 4) is 11.1 Å². The van der Waals surface area contributed by atoms with Crippen LogP contribution in [-0.2, 0) is 0 Å². The van der Waals surface area contributed by atoms with Crippen LogP contribution in [0, 0.1) is 0 Å². The largest absolute Gasteiger partial charge is 0.310 e. The summed E-state index contributed by atoms with van der Waals surface area (Å²) in [5.41, 5.74) is 5.96. The summed E-state index contributed by atoms with van der Waals surface area (Å²) in [6, 6.07) is 55.0. The first-order chi connectivity index (χ1) is 19.8. The van der Waals surface area contributed by atoms with E-state index in [1.54, 1.807) is 0 Å². The molecule has 0 aliphatic heterocycles. The van der Waals surface area contributed by atoms with Crippen molar-refractivity contribution < 1.29 is 0 Å². The van der Waals surface area contributed by atoms with Crippen molar-refractivity contribution in [2.75, 3.05) is 4.90 Å². The minimum Gasteiger partial charge on any atom is -0.310 e. The van der Waals surface area contributed by atoms with Gasteiger partial charge in [0.25, 0.3) is 0 Å². The molecule has 0 spiro atoms. The number of rotatable bonds is 4. The van der Waals surface area contributed by atoms with Crippen LogP contribution in [0.3, 0.4) is 0 Å². The molecule has 0 amide bonds. The maximum atomic E-state index is 2.41. The van der Waals surface area contributed by atoms with Crippen LogP contribution in [0.4, 0.5) is 17.1 Å². The predicted octanol–water partition coefficient (Wildman–Crippen LogP) is 11.5. The molecule has 8 rings (SSSR count). The maximum Gasteiger partial charge on any atom is 0.0540 e. The molecule has 0 saturated carbocycles. The van der Waals surface area contributed by atoms with E-state index in [0.29, 0.717) is 0 Å². The molecule has 0 atom stereocenters. The third-order valence-electron chi connectivity index (χ3n) is 7.82. The predicted molar refractivity (Wildman–Crippen MR) is 174 cm³/mol. The first kappa shape index (κ1) is 23.0. The van der Waals surface area contributed by atoms with E-state index >= 15 is 0 Å². The van der Waals surface area contributed by atoms with Gasteiger partial charge in [0, 0.05) is 36.9 Å². The van der Waals surface area contributed by atoms with E-state index in [9.17, 15) is 0 Å². The maximum absolute atomic E-state index is 2.41. The Kier molecular flexibility index (Phi) is 5.39. The molecule has 40 heavy (non-hydrogen) atoms. The lowest BCUT2D eigenvalue weighted by Gasteiger charge is -2.27. The average molecular weight is 528 g/mol. The monoisotopic (exact) mass is 527 g/mol. The molecule has 2 heteroatoms. The Balaban J connectivity index is 1.36. The Morgan fingerprint density at radius 3 is 2.02 bits per heavy atom. The van der Waals surface area contributed by atoms with Crippen molar-refractivity contribution >= 4 is 70.1 Å². The van der Waals surface area contributed by atoms with Gasteiger partial charge in [-0.3, -0.25) is 0 Å². The van der Waals surface area contributed by atoms with E-state index in [2.05, 4.69) is 157 Å². The highest BCUT2D eigenvalue weighted by Gasteiger charge is 2.17. The lowest BCUT2D eigenvalue weighted by Crippen LogP contribution is -2.10. The zero-order valence-corrected chi connectivity index (χ0v) is 22.6. The molecule has 0 unspecified atom stereocenters. The van der Waals surface area contributed by atoms with Gasteiger partial charge in [-0.1, -0.05) is 115 Å². The van der Waals surface area contributed by atoms with E-state index in [4.69, 9.17) is 0 Å². The zero-order chi connectivity index (χ0) is 26.5. The third kappa shape index (κ3) is 3.77.